The molecule has 0 unspecified atom stereocenters. The molecule has 4 fully saturated rings. The van der Waals surface area contributed by atoms with Crippen LogP contribution in [0, 0.1) is 5.92 Å². The molecule has 0 aromatic rings. The Morgan fingerprint density at radius 3 is 2.38 bits per heavy atom. The number of piperidine rings is 1. The second-order valence-electron chi connectivity index (χ2n) is 9.20. The highest BCUT2D eigenvalue weighted by atomic mass is 16.5. The minimum Gasteiger partial charge on any atom is -0.378 e. The molecule has 3 saturated heterocycles. The molecule has 0 aromatic heterocycles. The van der Waals surface area contributed by atoms with Crippen molar-refractivity contribution in [2.45, 2.75) is 57.0 Å². The van der Waals surface area contributed by atoms with Crippen molar-refractivity contribution >= 4 is 23.8 Å². The number of amides is 5. The van der Waals surface area contributed by atoms with Crippen LogP contribution in [0.4, 0.5) is 4.79 Å². The molecule has 0 spiro atoms. The van der Waals surface area contributed by atoms with E-state index in [4.69, 9.17) is 4.74 Å². The standard InChI is InChI=1S/C22H35N5O5/c28-19-17(7-4-8-23-19)24-20(29)18-15-26(22(31)25-11-13-32-14-12-25)9-10-27(18)21(30)16-5-2-1-3-6-16/h16-18H,1-15H2,(H,23,28)(H,24,29)/t17-,18+/m0/s1. The zero-order valence-corrected chi connectivity index (χ0v) is 18.7. The number of piperazine rings is 1. The van der Waals surface area contributed by atoms with Crippen LogP contribution in [0.5, 0.6) is 0 Å². The lowest BCUT2D eigenvalue weighted by atomic mass is 9.87. The predicted octanol–water partition coefficient (Wildman–Crippen LogP) is -0.0735. The molecular weight excluding hydrogens is 414 g/mol. The first-order valence-corrected chi connectivity index (χ1v) is 12.0. The summed E-state index contributed by atoms with van der Waals surface area (Å²) in [5.41, 5.74) is 0. The summed E-state index contributed by atoms with van der Waals surface area (Å²) in [5, 5.41) is 5.63. The molecule has 178 valence electrons. The molecule has 4 rings (SSSR count). The van der Waals surface area contributed by atoms with Crippen molar-refractivity contribution in [2.24, 2.45) is 5.92 Å². The quantitative estimate of drug-likeness (QED) is 0.626. The fourth-order valence-corrected chi connectivity index (χ4v) is 5.16. The number of ether oxygens (including phenoxy) is 1. The summed E-state index contributed by atoms with van der Waals surface area (Å²) in [6, 6.07) is -1.49. The van der Waals surface area contributed by atoms with Gasteiger partial charge in [0.2, 0.25) is 17.7 Å². The van der Waals surface area contributed by atoms with Gasteiger partial charge in [-0.1, -0.05) is 19.3 Å². The number of hydrogen-bond acceptors (Lipinski definition) is 5. The highest BCUT2D eigenvalue weighted by Gasteiger charge is 2.41. The molecule has 2 N–H and O–H groups in total. The summed E-state index contributed by atoms with van der Waals surface area (Å²) in [6.07, 6.45) is 6.30. The van der Waals surface area contributed by atoms with Gasteiger partial charge in [0.15, 0.2) is 0 Å². The number of nitrogens with one attached hydrogen (secondary N) is 2. The van der Waals surface area contributed by atoms with Gasteiger partial charge in [-0.25, -0.2) is 4.79 Å². The maximum Gasteiger partial charge on any atom is 0.320 e. The Balaban J connectivity index is 1.47. The van der Waals surface area contributed by atoms with Gasteiger partial charge in [0, 0.05) is 38.6 Å². The predicted molar refractivity (Wildman–Crippen MR) is 116 cm³/mol. The Kier molecular flexibility index (Phi) is 7.49. The van der Waals surface area contributed by atoms with Gasteiger partial charge < -0.3 is 30.1 Å². The minimum absolute atomic E-state index is 0.0106. The largest absolute Gasteiger partial charge is 0.378 e. The van der Waals surface area contributed by atoms with E-state index in [2.05, 4.69) is 10.6 Å². The Hall–Kier alpha value is -2.36. The van der Waals surface area contributed by atoms with Gasteiger partial charge in [-0.3, -0.25) is 14.4 Å². The fraction of sp³-hybridized carbons (Fsp3) is 0.818. The van der Waals surface area contributed by atoms with Crippen molar-refractivity contribution in [3.63, 3.8) is 0 Å². The number of hydrogen-bond donors (Lipinski definition) is 2. The third-order valence-electron chi connectivity index (χ3n) is 7.07. The van der Waals surface area contributed by atoms with Gasteiger partial charge in [-0.15, -0.1) is 0 Å². The molecule has 0 bridgehead atoms. The molecule has 32 heavy (non-hydrogen) atoms. The van der Waals surface area contributed by atoms with Gasteiger partial charge >= 0.3 is 6.03 Å². The lowest BCUT2D eigenvalue weighted by Gasteiger charge is -2.44. The highest BCUT2D eigenvalue weighted by Crippen LogP contribution is 2.27. The van der Waals surface area contributed by atoms with E-state index in [9.17, 15) is 19.2 Å². The topological polar surface area (TPSA) is 111 Å². The smallest absolute Gasteiger partial charge is 0.320 e. The first-order chi connectivity index (χ1) is 15.5. The van der Waals surface area contributed by atoms with Crippen molar-refractivity contribution < 1.29 is 23.9 Å². The van der Waals surface area contributed by atoms with Crippen LogP contribution in [0.25, 0.3) is 0 Å². The Morgan fingerprint density at radius 2 is 1.66 bits per heavy atom. The van der Waals surface area contributed by atoms with Crippen LogP contribution in [0.1, 0.15) is 44.9 Å². The molecule has 10 nitrogen and oxygen atoms in total. The third-order valence-corrected chi connectivity index (χ3v) is 7.07. The molecule has 1 aliphatic carbocycles. The Bertz CT molecular complexity index is 720. The zero-order valence-electron chi connectivity index (χ0n) is 18.7. The van der Waals surface area contributed by atoms with E-state index in [0.29, 0.717) is 52.4 Å². The lowest BCUT2D eigenvalue weighted by molar-refractivity contribution is -0.148. The summed E-state index contributed by atoms with van der Waals surface area (Å²) in [7, 11) is 0. The van der Waals surface area contributed by atoms with Crippen LogP contribution in [-0.2, 0) is 19.1 Å². The molecule has 0 radical (unpaired) electrons. The van der Waals surface area contributed by atoms with Crippen molar-refractivity contribution in [1.82, 2.24) is 25.3 Å². The van der Waals surface area contributed by atoms with Crippen LogP contribution in [-0.4, -0.2) is 103 Å². The number of rotatable bonds is 3. The number of nitrogens with zero attached hydrogens (tertiary/aromatic N) is 3. The molecule has 3 heterocycles. The SMILES string of the molecule is O=C1NCCC[C@@H]1NC(=O)[C@H]1CN(C(=O)N2CCOCC2)CCN1C(=O)C1CCCCC1. The number of carbonyl (C=O) groups excluding carboxylic acids is 4. The molecule has 4 aliphatic rings. The van der Waals surface area contributed by atoms with Crippen molar-refractivity contribution in [1.29, 1.82) is 0 Å². The highest BCUT2D eigenvalue weighted by molar-refractivity contribution is 5.93. The van der Waals surface area contributed by atoms with Gasteiger partial charge in [-0.05, 0) is 25.7 Å². The van der Waals surface area contributed by atoms with Crippen LogP contribution >= 0.6 is 0 Å². The van der Waals surface area contributed by atoms with E-state index >= 15 is 0 Å². The van der Waals surface area contributed by atoms with Crippen molar-refractivity contribution in [3.05, 3.63) is 0 Å². The average molecular weight is 450 g/mol. The van der Waals surface area contributed by atoms with Crippen LogP contribution < -0.4 is 10.6 Å². The number of urea groups is 1. The number of carbonyl (C=O) groups is 4. The van der Waals surface area contributed by atoms with E-state index in [1.54, 1.807) is 14.7 Å². The molecule has 2 atom stereocenters. The second kappa shape index (κ2) is 10.5. The fourth-order valence-electron chi connectivity index (χ4n) is 5.16. The summed E-state index contributed by atoms with van der Waals surface area (Å²) < 4.78 is 5.34. The monoisotopic (exact) mass is 449 g/mol. The zero-order chi connectivity index (χ0) is 22.5. The van der Waals surface area contributed by atoms with Gasteiger partial charge in [0.05, 0.1) is 19.8 Å². The average Bonchev–Trinajstić information content (AvgIpc) is 2.85. The first kappa shape index (κ1) is 22.8. The summed E-state index contributed by atoms with van der Waals surface area (Å²) in [5.74, 6) is -0.586. The van der Waals surface area contributed by atoms with Gasteiger partial charge in [0.25, 0.3) is 0 Å². The Labute approximate surface area is 189 Å². The lowest BCUT2D eigenvalue weighted by Crippen LogP contribution is -2.65. The van der Waals surface area contributed by atoms with Gasteiger partial charge in [0.1, 0.15) is 12.1 Å². The Morgan fingerprint density at radius 1 is 0.906 bits per heavy atom. The van der Waals surface area contributed by atoms with E-state index in [-0.39, 0.29) is 36.2 Å². The van der Waals surface area contributed by atoms with Crippen LogP contribution in [0.3, 0.4) is 0 Å². The van der Waals surface area contributed by atoms with E-state index in [0.717, 1.165) is 38.5 Å². The normalized spacial score (nSPS) is 27.6. The minimum atomic E-state index is -0.780. The number of morpholine rings is 1. The van der Waals surface area contributed by atoms with Crippen LogP contribution in [0.15, 0.2) is 0 Å². The molecule has 1 saturated carbocycles. The molecule has 10 heteroatoms. The molecule has 3 aliphatic heterocycles. The molecular formula is C22H35N5O5. The maximum atomic E-state index is 13.3. The molecule has 5 amide bonds. The molecule has 0 aromatic carbocycles. The van der Waals surface area contributed by atoms with Gasteiger partial charge in [-0.2, -0.15) is 0 Å². The summed E-state index contributed by atoms with van der Waals surface area (Å²) >= 11 is 0. The third kappa shape index (κ3) is 5.16. The van der Waals surface area contributed by atoms with E-state index < -0.39 is 12.1 Å². The summed E-state index contributed by atoms with van der Waals surface area (Å²) in [6.45, 7) is 3.57. The van der Waals surface area contributed by atoms with E-state index in [1.807, 2.05) is 0 Å². The second-order valence-corrected chi connectivity index (χ2v) is 9.20. The first-order valence-electron chi connectivity index (χ1n) is 12.0. The van der Waals surface area contributed by atoms with Crippen molar-refractivity contribution in [2.75, 3.05) is 52.5 Å². The van der Waals surface area contributed by atoms with E-state index in [1.165, 1.54) is 0 Å². The summed E-state index contributed by atoms with van der Waals surface area (Å²) in [4.78, 5) is 56.9. The maximum absolute atomic E-state index is 13.3. The van der Waals surface area contributed by atoms with Crippen LogP contribution in [0.2, 0.25) is 0 Å². The van der Waals surface area contributed by atoms with Crippen molar-refractivity contribution in [3.8, 4) is 0 Å².